The summed E-state index contributed by atoms with van der Waals surface area (Å²) in [5.41, 5.74) is 7.89. The third-order valence-corrected chi connectivity index (χ3v) is 2.84. The molecule has 0 saturated carbocycles. The fourth-order valence-corrected chi connectivity index (χ4v) is 1.71. The molecular weight excluding hydrogens is 254 g/mol. The van der Waals surface area contributed by atoms with Crippen LogP contribution in [0.3, 0.4) is 0 Å². The zero-order chi connectivity index (χ0) is 14.5. The minimum atomic E-state index is -0.309. The van der Waals surface area contributed by atoms with Gasteiger partial charge in [-0.15, -0.1) is 0 Å². The lowest BCUT2D eigenvalue weighted by atomic mass is 10.1. The lowest BCUT2D eigenvalue weighted by Gasteiger charge is -2.06. The Bertz CT molecular complexity index is 636. The maximum absolute atomic E-state index is 12.0. The second-order valence-corrected chi connectivity index (χ2v) is 4.34. The van der Waals surface area contributed by atoms with Crippen molar-refractivity contribution in [3.05, 3.63) is 59.4 Å². The third-order valence-electron chi connectivity index (χ3n) is 2.84. The van der Waals surface area contributed by atoms with E-state index in [1.165, 1.54) is 6.92 Å². The fourth-order valence-electron chi connectivity index (χ4n) is 1.71. The molecule has 0 unspecified atom stereocenters. The van der Waals surface area contributed by atoms with Crippen molar-refractivity contribution in [3.63, 3.8) is 0 Å². The quantitative estimate of drug-likeness (QED) is 0.831. The van der Waals surface area contributed by atoms with Crippen molar-refractivity contribution < 1.29 is 9.59 Å². The number of rotatable bonds is 4. The molecule has 0 aliphatic heterocycles. The Morgan fingerprint density at radius 2 is 1.90 bits per heavy atom. The Balaban J connectivity index is 2.12. The summed E-state index contributed by atoms with van der Waals surface area (Å²) in [6, 6.07) is 10.1. The van der Waals surface area contributed by atoms with E-state index in [1.807, 2.05) is 0 Å². The SMILES string of the molecule is CC(=O)c1ccc(NC(=O)c2cc(CN)ccn2)cc1. The van der Waals surface area contributed by atoms with E-state index in [9.17, 15) is 9.59 Å². The number of aromatic nitrogens is 1. The minimum Gasteiger partial charge on any atom is -0.326 e. The Hall–Kier alpha value is -2.53. The number of Topliss-reactive ketones (excluding diaryl/α,β-unsaturated/α-hetero) is 1. The molecule has 0 radical (unpaired) electrons. The van der Waals surface area contributed by atoms with Gasteiger partial charge in [-0.3, -0.25) is 14.6 Å². The molecule has 0 saturated heterocycles. The second-order valence-electron chi connectivity index (χ2n) is 4.34. The van der Waals surface area contributed by atoms with Gasteiger partial charge in [0.1, 0.15) is 5.69 Å². The van der Waals surface area contributed by atoms with Crippen molar-refractivity contribution in [1.82, 2.24) is 4.98 Å². The molecule has 1 amide bonds. The van der Waals surface area contributed by atoms with Gasteiger partial charge in [-0.1, -0.05) is 0 Å². The first-order chi connectivity index (χ1) is 9.60. The van der Waals surface area contributed by atoms with Crippen molar-refractivity contribution in [2.75, 3.05) is 5.32 Å². The van der Waals surface area contributed by atoms with Crippen LogP contribution in [0.2, 0.25) is 0 Å². The number of nitrogens with zero attached hydrogens (tertiary/aromatic N) is 1. The molecule has 0 spiro atoms. The van der Waals surface area contributed by atoms with Crippen LogP contribution in [0.25, 0.3) is 0 Å². The van der Waals surface area contributed by atoms with Crippen molar-refractivity contribution in [2.24, 2.45) is 5.73 Å². The summed E-state index contributed by atoms with van der Waals surface area (Å²) in [7, 11) is 0. The average molecular weight is 269 g/mol. The van der Waals surface area contributed by atoms with Crippen molar-refractivity contribution in [2.45, 2.75) is 13.5 Å². The zero-order valence-corrected chi connectivity index (χ0v) is 11.1. The number of hydrogen-bond acceptors (Lipinski definition) is 4. The predicted molar refractivity (Wildman–Crippen MR) is 76.5 cm³/mol. The summed E-state index contributed by atoms with van der Waals surface area (Å²) < 4.78 is 0. The average Bonchev–Trinajstić information content (AvgIpc) is 2.47. The number of ketones is 1. The van der Waals surface area contributed by atoms with Crippen LogP contribution < -0.4 is 11.1 Å². The van der Waals surface area contributed by atoms with Crippen LogP contribution in [0, 0.1) is 0 Å². The molecule has 20 heavy (non-hydrogen) atoms. The lowest BCUT2D eigenvalue weighted by molar-refractivity contribution is 0.101. The number of carbonyl (C=O) groups excluding carboxylic acids is 2. The summed E-state index contributed by atoms with van der Waals surface area (Å²) in [5.74, 6) is -0.323. The zero-order valence-electron chi connectivity index (χ0n) is 11.1. The first kappa shape index (κ1) is 13.9. The molecule has 5 nitrogen and oxygen atoms in total. The van der Waals surface area contributed by atoms with E-state index in [-0.39, 0.29) is 11.7 Å². The van der Waals surface area contributed by atoms with Gasteiger partial charge in [0, 0.05) is 24.0 Å². The molecule has 0 atom stereocenters. The van der Waals surface area contributed by atoms with Crippen LogP contribution in [-0.4, -0.2) is 16.7 Å². The highest BCUT2D eigenvalue weighted by molar-refractivity contribution is 6.03. The molecule has 0 fully saturated rings. The van der Waals surface area contributed by atoms with E-state index < -0.39 is 0 Å². The highest BCUT2D eigenvalue weighted by atomic mass is 16.2. The Kier molecular flexibility index (Phi) is 4.22. The molecule has 0 aliphatic rings. The molecular formula is C15H15N3O2. The normalized spacial score (nSPS) is 10.1. The van der Waals surface area contributed by atoms with Crippen molar-refractivity contribution in [1.29, 1.82) is 0 Å². The number of nitrogens with one attached hydrogen (secondary N) is 1. The van der Waals surface area contributed by atoms with Crippen LogP contribution in [0.5, 0.6) is 0 Å². The van der Waals surface area contributed by atoms with Gasteiger partial charge < -0.3 is 11.1 Å². The topological polar surface area (TPSA) is 85.1 Å². The van der Waals surface area contributed by atoms with Gasteiger partial charge in [-0.25, -0.2) is 0 Å². The van der Waals surface area contributed by atoms with E-state index >= 15 is 0 Å². The van der Waals surface area contributed by atoms with Crippen LogP contribution in [-0.2, 0) is 6.54 Å². The fraction of sp³-hybridized carbons (Fsp3) is 0.133. The van der Waals surface area contributed by atoms with Gasteiger partial charge in [0.25, 0.3) is 5.91 Å². The van der Waals surface area contributed by atoms with Crippen molar-refractivity contribution >= 4 is 17.4 Å². The lowest BCUT2D eigenvalue weighted by Crippen LogP contribution is -2.14. The van der Waals surface area contributed by atoms with Gasteiger partial charge in [0.2, 0.25) is 0 Å². The Labute approximate surface area is 116 Å². The molecule has 102 valence electrons. The maximum atomic E-state index is 12.0. The molecule has 1 heterocycles. The van der Waals surface area contributed by atoms with E-state index in [1.54, 1.807) is 42.6 Å². The molecule has 0 aliphatic carbocycles. The largest absolute Gasteiger partial charge is 0.326 e. The highest BCUT2D eigenvalue weighted by Crippen LogP contribution is 2.11. The molecule has 5 heteroatoms. The molecule has 1 aromatic heterocycles. The first-order valence-electron chi connectivity index (χ1n) is 6.17. The summed E-state index contributed by atoms with van der Waals surface area (Å²) in [4.78, 5) is 27.2. The smallest absolute Gasteiger partial charge is 0.274 e. The minimum absolute atomic E-state index is 0.0137. The highest BCUT2D eigenvalue weighted by Gasteiger charge is 2.08. The Morgan fingerprint density at radius 3 is 2.50 bits per heavy atom. The number of nitrogens with two attached hydrogens (primary N) is 1. The van der Waals surface area contributed by atoms with Crippen LogP contribution in [0.4, 0.5) is 5.69 Å². The number of anilines is 1. The summed E-state index contributed by atoms with van der Waals surface area (Å²) >= 11 is 0. The maximum Gasteiger partial charge on any atom is 0.274 e. The van der Waals surface area contributed by atoms with Gasteiger partial charge in [-0.2, -0.15) is 0 Å². The van der Waals surface area contributed by atoms with Crippen LogP contribution >= 0.6 is 0 Å². The molecule has 0 bridgehead atoms. The summed E-state index contributed by atoms with van der Waals surface area (Å²) in [6.45, 7) is 1.85. The molecule has 1 aromatic carbocycles. The number of amides is 1. The first-order valence-corrected chi connectivity index (χ1v) is 6.17. The Morgan fingerprint density at radius 1 is 1.20 bits per heavy atom. The van der Waals surface area contributed by atoms with Gasteiger partial charge in [-0.05, 0) is 48.9 Å². The van der Waals surface area contributed by atoms with Crippen LogP contribution in [0.15, 0.2) is 42.6 Å². The van der Waals surface area contributed by atoms with Gasteiger partial charge in [0.05, 0.1) is 0 Å². The standard InChI is InChI=1S/C15H15N3O2/c1-10(19)12-2-4-13(5-3-12)18-15(20)14-8-11(9-16)6-7-17-14/h2-8H,9,16H2,1H3,(H,18,20). The van der Waals surface area contributed by atoms with E-state index in [4.69, 9.17) is 5.73 Å². The van der Waals surface area contributed by atoms with E-state index in [0.717, 1.165) is 5.56 Å². The van der Waals surface area contributed by atoms with Gasteiger partial charge >= 0.3 is 0 Å². The van der Waals surface area contributed by atoms with Crippen LogP contribution in [0.1, 0.15) is 33.3 Å². The number of pyridine rings is 1. The van der Waals surface area contributed by atoms with E-state index in [2.05, 4.69) is 10.3 Å². The van der Waals surface area contributed by atoms with Gasteiger partial charge in [0.15, 0.2) is 5.78 Å². The number of hydrogen-bond donors (Lipinski definition) is 2. The summed E-state index contributed by atoms with van der Waals surface area (Å²) in [5, 5.41) is 2.72. The molecule has 2 aromatic rings. The predicted octanol–water partition coefficient (Wildman–Crippen LogP) is 2.00. The molecule has 2 rings (SSSR count). The number of carbonyl (C=O) groups is 2. The second kappa shape index (κ2) is 6.08. The number of benzene rings is 1. The monoisotopic (exact) mass is 269 g/mol. The third kappa shape index (κ3) is 3.27. The van der Waals surface area contributed by atoms with E-state index in [0.29, 0.717) is 23.5 Å². The summed E-state index contributed by atoms with van der Waals surface area (Å²) in [6.07, 6.45) is 1.55. The van der Waals surface area contributed by atoms with Crippen molar-refractivity contribution in [3.8, 4) is 0 Å². The molecule has 3 N–H and O–H groups in total.